The number of carbonyl (C=O) groups is 1. The summed E-state index contributed by atoms with van der Waals surface area (Å²) in [4.78, 5) is 11.7. The molecule has 110 valence electrons. The van der Waals surface area contributed by atoms with E-state index in [1.165, 1.54) is 7.11 Å². The smallest absolute Gasteiger partial charge is 0.337 e. The molecule has 21 heavy (non-hydrogen) atoms. The molecule has 0 radical (unpaired) electrons. The molecule has 0 saturated carbocycles. The number of esters is 1. The monoisotopic (exact) mass is 287 g/mol. The summed E-state index contributed by atoms with van der Waals surface area (Å²) in [6, 6.07) is 9.51. The highest BCUT2D eigenvalue weighted by atomic mass is 16.5. The quantitative estimate of drug-likeness (QED) is 0.864. The van der Waals surface area contributed by atoms with Crippen LogP contribution in [0.25, 0.3) is 0 Å². The van der Waals surface area contributed by atoms with Gasteiger partial charge in [-0.05, 0) is 24.1 Å². The van der Waals surface area contributed by atoms with Crippen LogP contribution in [0.4, 0.5) is 0 Å². The molecule has 0 heterocycles. The Morgan fingerprint density at radius 3 is 2.52 bits per heavy atom. The van der Waals surface area contributed by atoms with Crippen LogP contribution in [-0.2, 0) is 14.9 Å². The molecule has 5 heteroatoms. The molecule has 0 amide bonds. The molecule has 0 fully saturated rings. The average molecular weight is 287 g/mol. The zero-order chi connectivity index (χ0) is 15.5. The second-order valence-corrected chi connectivity index (χ2v) is 5.02. The summed E-state index contributed by atoms with van der Waals surface area (Å²) in [6.07, 6.45) is 0.889. The van der Waals surface area contributed by atoms with Gasteiger partial charge in [0.1, 0.15) is 11.5 Å². The van der Waals surface area contributed by atoms with Crippen molar-refractivity contribution in [1.82, 2.24) is 0 Å². The number of nitrogens with zero attached hydrogens (tertiary/aromatic N) is 1. The number of rotatable bonds is 3. The highest BCUT2D eigenvalue weighted by molar-refractivity contribution is 5.89. The normalized spacial score (nSPS) is 21.6. The summed E-state index contributed by atoms with van der Waals surface area (Å²) in [5.41, 5.74) is 0.156. The fraction of sp³-hybridized carbons (Fsp3) is 0.375. The van der Waals surface area contributed by atoms with Crippen LogP contribution < -0.4 is 4.74 Å². The van der Waals surface area contributed by atoms with Gasteiger partial charge in [-0.1, -0.05) is 12.1 Å². The Morgan fingerprint density at radius 1 is 1.33 bits per heavy atom. The SMILES string of the molecule is COC(=O)C1=C(O)CCC(C#N)(c2ccc(OC)cc2)C1. The molecule has 0 aromatic heterocycles. The molecule has 2 rings (SSSR count). The van der Waals surface area contributed by atoms with Crippen molar-refractivity contribution in [3.63, 3.8) is 0 Å². The van der Waals surface area contributed by atoms with Crippen molar-refractivity contribution >= 4 is 5.97 Å². The third-order valence-corrected chi connectivity index (χ3v) is 3.90. The van der Waals surface area contributed by atoms with E-state index < -0.39 is 11.4 Å². The highest BCUT2D eigenvalue weighted by Gasteiger charge is 2.40. The Morgan fingerprint density at radius 2 is 2.00 bits per heavy atom. The van der Waals surface area contributed by atoms with Crippen molar-refractivity contribution in [3.05, 3.63) is 41.2 Å². The zero-order valence-corrected chi connectivity index (χ0v) is 12.0. The minimum Gasteiger partial charge on any atom is -0.512 e. The second kappa shape index (κ2) is 5.88. The number of benzene rings is 1. The highest BCUT2D eigenvalue weighted by Crippen LogP contribution is 2.41. The largest absolute Gasteiger partial charge is 0.512 e. The van der Waals surface area contributed by atoms with E-state index in [1.807, 2.05) is 12.1 Å². The molecule has 1 aliphatic rings. The molecular weight excluding hydrogens is 270 g/mol. The molecule has 1 aromatic rings. The number of aliphatic hydroxyl groups excluding tert-OH is 1. The molecule has 1 unspecified atom stereocenters. The van der Waals surface area contributed by atoms with E-state index in [4.69, 9.17) is 4.74 Å². The van der Waals surface area contributed by atoms with Crippen LogP contribution in [0.15, 0.2) is 35.6 Å². The molecule has 1 atom stereocenters. The number of hydrogen-bond donors (Lipinski definition) is 1. The lowest BCUT2D eigenvalue weighted by Gasteiger charge is -2.31. The molecule has 5 nitrogen and oxygen atoms in total. The molecule has 1 aromatic carbocycles. The Hall–Kier alpha value is -2.48. The number of carbonyl (C=O) groups excluding carboxylic acids is 1. The maximum absolute atomic E-state index is 11.7. The molecule has 1 N–H and O–H groups in total. The van der Waals surface area contributed by atoms with Gasteiger partial charge in [0.15, 0.2) is 0 Å². The minimum absolute atomic E-state index is 0.0150. The number of ether oxygens (including phenoxy) is 2. The van der Waals surface area contributed by atoms with Gasteiger partial charge in [0, 0.05) is 12.8 Å². The maximum atomic E-state index is 11.7. The standard InChI is InChI=1S/C16H17NO4/c1-20-12-5-3-11(4-6-12)16(10-17)8-7-14(18)13(9-16)15(19)21-2/h3-6,18H,7-9H2,1-2H3. The fourth-order valence-corrected chi connectivity index (χ4v) is 2.60. The maximum Gasteiger partial charge on any atom is 0.337 e. The first-order chi connectivity index (χ1) is 10.1. The average Bonchev–Trinajstić information content (AvgIpc) is 2.55. The Balaban J connectivity index is 2.39. The molecule has 0 spiro atoms. The van der Waals surface area contributed by atoms with Gasteiger partial charge in [-0.15, -0.1) is 0 Å². The van der Waals surface area contributed by atoms with E-state index >= 15 is 0 Å². The first kappa shape index (κ1) is 14.9. The Labute approximate surface area is 123 Å². The third-order valence-electron chi connectivity index (χ3n) is 3.90. The zero-order valence-electron chi connectivity index (χ0n) is 12.0. The number of methoxy groups -OCH3 is 2. The third kappa shape index (κ3) is 2.70. The number of nitriles is 1. The summed E-state index contributed by atoms with van der Waals surface area (Å²) in [6.45, 7) is 0. The lowest BCUT2D eigenvalue weighted by molar-refractivity contribution is -0.136. The van der Waals surface area contributed by atoms with Gasteiger partial charge in [0.25, 0.3) is 0 Å². The number of allylic oxidation sites excluding steroid dienone is 1. The molecule has 0 aliphatic heterocycles. The van der Waals surface area contributed by atoms with Crippen LogP contribution >= 0.6 is 0 Å². The Kier molecular flexibility index (Phi) is 4.18. The Bertz CT molecular complexity index is 612. The lowest BCUT2D eigenvalue weighted by Crippen LogP contribution is -2.31. The van der Waals surface area contributed by atoms with E-state index in [1.54, 1.807) is 19.2 Å². The first-order valence-corrected chi connectivity index (χ1v) is 6.61. The van der Waals surface area contributed by atoms with E-state index in [0.29, 0.717) is 12.2 Å². The van der Waals surface area contributed by atoms with Gasteiger partial charge in [-0.3, -0.25) is 0 Å². The summed E-state index contributed by atoms with van der Waals surface area (Å²) in [7, 11) is 2.84. The van der Waals surface area contributed by atoms with Crippen molar-refractivity contribution in [2.75, 3.05) is 14.2 Å². The summed E-state index contributed by atoms with van der Waals surface area (Å²) in [5, 5.41) is 19.5. The fourth-order valence-electron chi connectivity index (χ4n) is 2.60. The van der Waals surface area contributed by atoms with Crippen LogP contribution in [0.5, 0.6) is 5.75 Å². The van der Waals surface area contributed by atoms with E-state index in [-0.39, 0.29) is 24.2 Å². The van der Waals surface area contributed by atoms with Crippen LogP contribution in [0, 0.1) is 11.3 Å². The molecule has 0 saturated heterocycles. The van der Waals surface area contributed by atoms with Gasteiger partial charge >= 0.3 is 5.97 Å². The minimum atomic E-state index is -0.831. The molecule has 1 aliphatic carbocycles. The molecular formula is C16H17NO4. The van der Waals surface area contributed by atoms with Gasteiger partial charge in [0.2, 0.25) is 0 Å². The predicted molar refractivity (Wildman–Crippen MR) is 75.8 cm³/mol. The van der Waals surface area contributed by atoms with Crippen LogP contribution in [0.2, 0.25) is 0 Å². The summed E-state index contributed by atoms with van der Waals surface area (Å²) in [5.74, 6) is 0.135. The van der Waals surface area contributed by atoms with Crippen molar-refractivity contribution in [2.45, 2.75) is 24.7 Å². The van der Waals surface area contributed by atoms with Crippen molar-refractivity contribution in [2.24, 2.45) is 0 Å². The lowest BCUT2D eigenvalue weighted by atomic mass is 9.70. The van der Waals surface area contributed by atoms with E-state index in [9.17, 15) is 15.2 Å². The van der Waals surface area contributed by atoms with Gasteiger partial charge in [-0.2, -0.15) is 5.26 Å². The summed E-state index contributed by atoms with van der Waals surface area (Å²) < 4.78 is 9.79. The van der Waals surface area contributed by atoms with Crippen molar-refractivity contribution in [3.8, 4) is 11.8 Å². The van der Waals surface area contributed by atoms with Gasteiger partial charge in [-0.25, -0.2) is 4.79 Å². The molecule has 0 bridgehead atoms. The van der Waals surface area contributed by atoms with E-state index in [0.717, 1.165) is 5.56 Å². The van der Waals surface area contributed by atoms with Gasteiger partial charge in [0.05, 0.1) is 31.3 Å². The number of aliphatic hydroxyl groups is 1. The van der Waals surface area contributed by atoms with Crippen molar-refractivity contribution in [1.29, 1.82) is 5.26 Å². The van der Waals surface area contributed by atoms with Crippen LogP contribution in [-0.4, -0.2) is 25.3 Å². The van der Waals surface area contributed by atoms with E-state index in [2.05, 4.69) is 10.8 Å². The second-order valence-electron chi connectivity index (χ2n) is 5.02. The summed E-state index contributed by atoms with van der Waals surface area (Å²) >= 11 is 0. The van der Waals surface area contributed by atoms with Crippen LogP contribution in [0.1, 0.15) is 24.8 Å². The van der Waals surface area contributed by atoms with Gasteiger partial charge < -0.3 is 14.6 Å². The number of hydrogen-bond acceptors (Lipinski definition) is 5. The topological polar surface area (TPSA) is 79.5 Å². The predicted octanol–water partition coefficient (Wildman–Crippen LogP) is 2.63. The van der Waals surface area contributed by atoms with Crippen LogP contribution in [0.3, 0.4) is 0 Å². The van der Waals surface area contributed by atoms with Crippen molar-refractivity contribution < 1.29 is 19.4 Å². The first-order valence-electron chi connectivity index (χ1n) is 6.61.